The summed E-state index contributed by atoms with van der Waals surface area (Å²) in [5, 5.41) is 1.06. The lowest BCUT2D eigenvalue weighted by atomic mass is 10.0. The number of carbonyl (C=O) groups is 3. The van der Waals surface area contributed by atoms with Crippen molar-refractivity contribution in [3.8, 4) is 17.2 Å². The highest BCUT2D eigenvalue weighted by Gasteiger charge is 2.35. The van der Waals surface area contributed by atoms with Crippen LogP contribution in [-0.2, 0) is 14.4 Å². The summed E-state index contributed by atoms with van der Waals surface area (Å²) in [5.41, 5.74) is 2.43. The fraction of sp³-hybridized carbons (Fsp3) is 0.115. The fourth-order valence-electron chi connectivity index (χ4n) is 4.21. The molecule has 3 aromatic rings. The van der Waals surface area contributed by atoms with Crippen molar-refractivity contribution in [2.24, 2.45) is 0 Å². The Labute approximate surface area is 189 Å². The number of methoxy groups -OCH3 is 2. The van der Waals surface area contributed by atoms with Gasteiger partial charge in [-0.25, -0.2) is 9.69 Å². The molecular formula is C26H19NO6. The molecule has 2 aliphatic rings. The van der Waals surface area contributed by atoms with Crippen LogP contribution in [0.4, 0.5) is 5.69 Å². The predicted molar refractivity (Wildman–Crippen MR) is 121 cm³/mol. The van der Waals surface area contributed by atoms with Gasteiger partial charge in [0.25, 0.3) is 5.91 Å². The third-order valence-corrected chi connectivity index (χ3v) is 5.77. The third-order valence-electron chi connectivity index (χ3n) is 5.77. The first-order valence-corrected chi connectivity index (χ1v) is 10.2. The Kier molecular flexibility index (Phi) is 4.74. The smallest absolute Gasteiger partial charge is 0.344 e. The van der Waals surface area contributed by atoms with E-state index in [1.54, 1.807) is 74.9 Å². The number of ether oxygens (including phenoxy) is 3. The van der Waals surface area contributed by atoms with Crippen LogP contribution >= 0.6 is 0 Å². The van der Waals surface area contributed by atoms with Gasteiger partial charge < -0.3 is 14.2 Å². The summed E-state index contributed by atoms with van der Waals surface area (Å²) >= 11 is 0. The van der Waals surface area contributed by atoms with Crippen LogP contribution in [0, 0.1) is 0 Å². The van der Waals surface area contributed by atoms with E-state index in [0.29, 0.717) is 55.6 Å². The van der Waals surface area contributed by atoms with E-state index in [1.807, 2.05) is 0 Å². The zero-order chi connectivity index (χ0) is 23.3. The number of rotatable bonds is 4. The topological polar surface area (TPSA) is 82.1 Å². The molecule has 0 aliphatic carbocycles. The van der Waals surface area contributed by atoms with E-state index in [-0.39, 0.29) is 0 Å². The van der Waals surface area contributed by atoms with Crippen LogP contribution in [0.5, 0.6) is 17.2 Å². The summed E-state index contributed by atoms with van der Waals surface area (Å²) in [6, 6.07) is 17.4. The minimum Gasteiger partial charge on any atom is -0.497 e. The summed E-state index contributed by atoms with van der Waals surface area (Å²) in [5.74, 6) is 0.311. The van der Waals surface area contributed by atoms with Crippen LogP contribution in [0.1, 0.15) is 18.1 Å². The molecule has 2 heterocycles. The summed E-state index contributed by atoms with van der Waals surface area (Å²) in [4.78, 5) is 39.6. The molecule has 0 unspecified atom stereocenters. The monoisotopic (exact) mass is 441 g/mol. The molecule has 0 saturated heterocycles. The van der Waals surface area contributed by atoms with Gasteiger partial charge in [-0.1, -0.05) is 24.3 Å². The molecule has 7 heteroatoms. The Bertz CT molecular complexity index is 1450. The molecule has 5 rings (SSSR count). The SMILES string of the molecule is COc1ccc(C2=c3cc4c(cc3OC2=O)=C(c2ccc(OC)cc2)C(=O)N4C(C)=O)cc1. The zero-order valence-corrected chi connectivity index (χ0v) is 18.2. The second kappa shape index (κ2) is 7.63. The van der Waals surface area contributed by atoms with Gasteiger partial charge in [-0.05, 0) is 47.5 Å². The first kappa shape index (κ1) is 20.5. The van der Waals surface area contributed by atoms with Crippen LogP contribution in [-0.4, -0.2) is 32.0 Å². The van der Waals surface area contributed by atoms with Crippen molar-refractivity contribution in [2.75, 3.05) is 19.1 Å². The summed E-state index contributed by atoms with van der Waals surface area (Å²) in [7, 11) is 3.12. The van der Waals surface area contributed by atoms with Gasteiger partial charge >= 0.3 is 5.97 Å². The maximum atomic E-state index is 13.3. The summed E-state index contributed by atoms with van der Waals surface area (Å²) < 4.78 is 15.9. The Balaban J connectivity index is 1.77. The molecule has 164 valence electrons. The van der Waals surface area contributed by atoms with E-state index >= 15 is 0 Å². The van der Waals surface area contributed by atoms with Crippen molar-refractivity contribution < 1.29 is 28.6 Å². The zero-order valence-electron chi connectivity index (χ0n) is 18.2. The number of benzene rings is 3. The van der Waals surface area contributed by atoms with Crippen molar-refractivity contribution in [2.45, 2.75) is 6.92 Å². The van der Waals surface area contributed by atoms with Crippen molar-refractivity contribution in [1.82, 2.24) is 0 Å². The van der Waals surface area contributed by atoms with E-state index in [4.69, 9.17) is 14.2 Å². The Hall–Kier alpha value is -4.39. The lowest BCUT2D eigenvalue weighted by Crippen LogP contribution is -2.33. The minimum atomic E-state index is -0.495. The van der Waals surface area contributed by atoms with Gasteiger partial charge in [0.15, 0.2) is 0 Å². The number of anilines is 1. The molecule has 2 aliphatic heterocycles. The molecule has 3 aromatic carbocycles. The van der Waals surface area contributed by atoms with Crippen LogP contribution in [0.15, 0.2) is 60.7 Å². The molecule has 0 N–H and O–H groups in total. The number of nitrogens with zero attached hydrogens (tertiary/aromatic N) is 1. The molecule has 0 aromatic heterocycles. The molecule has 0 radical (unpaired) electrons. The Morgan fingerprint density at radius 3 is 1.85 bits per heavy atom. The van der Waals surface area contributed by atoms with Crippen LogP contribution in [0.2, 0.25) is 0 Å². The summed E-state index contributed by atoms with van der Waals surface area (Å²) in [6.07, 6.45) is 0. The van der Waals surface area contributed by atoms with Crippen molar-refractivity contribution in [3.05, 3.63) is 82.2 Å². The lowest BCUT2D eigenvalue weighted by molar-refractivity contribution is -0.127. The molecule has 0 spiro atoms. The minimum absolute atomic E-state index is 0.341. The first-order chi connectivity index (χ1) is 15.9. The predicted octanol–water partition coefficient (Wildman–Crippen LogP) is 1.91. The van der Waals surface area contributed by atoms with Gasteiger partial charge in [0.05, 0.1) is 31.1 Å². The molecule has 0 atom stereocenters. The lowest BCUT2D eigenvalue weighted by Gasteiger charge is -2.14. The van der Waals surface area contributed by atoms with Crippen LogP contribution < -0.4 is 29.5 Å². The number of carbonyl (C=O) groups excluding carboxylic acids is 3. The molecule has 33 heavy (non-hydrogen) atoms. The number of hydrogen-bond donors (Lipinski definition) is 0. The van der Waals surface area contributed by atoms with E-state index in [0.717, 1.165) is 4.90 Å². The van der Waals surface area contributed by atoms with E-state index in [2.05, 4.69) is 0 Å². The quantitative estimate of drug-likeness (QED) is 0.455. The Morgan fingerprint density at radius 1 is 0.788 bits per heavy atom. The first-order valence-electron chi connectivity index (χ1n) is 10.2. The van der Waals surface area contributed by atoms with Gasteiger partial charge in [-0.3, -0.25) is 9.59 Å². The third kappa shape index (κ3) is 3.17. The summed E-state index contributed by atoms with van der Waals surface area (Å²) in [6.45, 7) is 1.33. The normalized spacial score (nSPS) is 14.2. The van der Waals surface area contributed by atoms with Gasteiger partial charge in [0, 0.05) is 17.4 Å². The molecule has 0 fully saturated rings. The number of amides is 2. The molecule has 7 nitrogen and oxygen atoms in total. The number of imide groups is 1. The molecule has 0 bridgehead atoms. The number of esters is 1. The highest BCUT2D eigenvalue weighted by Crippen LogP contribution is 2.30. The van der Waals surface area contributed by atoms with Crippen molar-refractivity contribution in [3.63, 3.8) is 0 Å². The molecule has 2 amide bonds. The fourth-order valence-corrected chi connectivity index (χ4v) is 4.21. The largest absolute Gasteiger partial charge is 0.497 e. The Morgan fingerprint density at radius 2 is 1.33 bits per heavy atom. The number of fused-ring (bicyclic) bond motifs is 2. The molecule has 0 saturated carbocycles. The van der Waals surface area contributed by atoms with E-state index < -0.39 is 17.8 Å². The van der Waals surface area contributed by atoms with Gasteiger partial charge in [0.2, 0.25) is 5.91 Å². The second-order valence-corrected chi connectivity index (χ2v) is 7.62. The number of hydrogen-bond acceptors (Lipinski definition) is 6. The van der Waals surface area contributed by atoms with Gasteiger partial charge in [0.1, 0.15) is 17.2 Å². The maximum Gasteiger partial charge on any atom is 0.344 e. The average Bonchev–Trinajstić information content (AvgIpc) is 3.29. The average molecular weight is 441 g/mol. The van der Waals surface area contributed by atoms with Crippen molar-refractivity contribution >= 4 is 34.6 Å². The van der Waals surface area contributed by atoms with Gasteiger partial charge in [-0.15, -0.1) is 0 Å². The standard InChI is InChI=1S/C26H19NO6/c1-14(28)27-21-12-20-22(33-26(30)24(20)16-6-10-18(32-3)11-7-16)13-19(21)23(25(27)29)15-4-8-17(31-2)9-5-15/h4-13H,1-3H3. The highest BCUT2D eigenvalue weighted by atomic mass is 16.5. The second-order valence-electron chi connectivity index (χ2n) is 7.62. The highest BCUT2D eigenvalue weighted by molar-refractivity contribution is 6.37. The van der Waals surface area contributed by atoms with E-state index in [9.17, 15) is 14.4 Å². The van der Waals surface area contributed by atoms with Crippen LogP contribution in [0.25, 0.3) is 11.1 Å². The van der Waals surface area contributed by atoms with Gasteiger partial charge in [-0.2, -0.15) is 0 Å². The van der Waals surface area contributed by atoms with E-state index in [1.165, 1.54) is 6.92 Å². The maximum absolute atomic E-state index is 13.3. The van der Waals surface area contributed by atoms with Crippen LogP contribution in [0.3, 0.4) is 0 Å². The molecular weight excluding hydrogens is 422 g/mol. The van der Waals surface area contributed by atoms with Crippen molar-refractivity contribution in [1.29, 1.82) is 0 Å².